The molecule has 86 valence electrons. The molecule has 0 aliphatic heterocycles. The van der Waals surface area contributed by atoms with Gasteiger partial charge in [0.25, 0.3) is 5.69 Å². The van der Waals surface area contributed by atoms with Gasteiger partial charge in [-0.1, -0.05) is 0 Å². The molecule has 0 heterocycles. The molecule has 0 fully saturated rings. The average molecular weight is 225 g/mol. The van der Waals surface area contributed by atoms with Gasteiger partial charge in [-0.25, -0.2) is 4.79 Å². The first-order chi connectivity index (χ1) is 7.60. The summed E-state index contributed by atoms with van der Waals surface area (Å²) in [5.74, 6) is -0.616. The molecule has 16 heavy (non-hydrogen) atoms. The second kappa shape index (κ2) is 5.22. The first-order valence-electron chi connectivity index (χ1n) is 4.65. The van der Waals surface area contributed by atoms with Gasteiger partial charge in [0.2, 0.25) is 0 Å². The summed E-state index contributed by atoms with van der Waals surface area (Å²) in [6.07, 6.45) is 0. The number of aliphatic hydroxyl groups is 1. The molecule has 6 nitrogen and oxygen atoms in total. The van der Waals surface area contributed by atoms with Crippen LogP contribution < -0.4 is 0 Å². The van der Waals surface area contributed by atoms with Crippen molar-refractivity contribution in [3.05, 3.63) is 39.4 Å². The third kappa shape index (κ3) is 2.54. The van der Waals surface area contributed by atoms with Crippen LogP contribution in [0.2, 0.25) is 0 Å². The number of nitro benzene ring substituents is 1. The molecule has 0 aliphatic carbocycles. The van der Waals surface area contributed by atoms with Crippen LogP contribution >= 0.6 is 0 Å². The number of ether oxygens (including phenoxy) is 1. The van der Waals surface area contributed by atoms with Gasteiger partial charge in [-0.3, -0.25) is 10.1 Å². The van der Waals surface area contributed by atoms with Crippen LogP contribution in [-0.4, -0.2) is 22.6 Å². The maximum atomic E-state index is 11.3. The molecule has 0 radical (unpaired) electrons. The van der Waals surface area contributed by atoms with Crippen LogP contribution in [0, 0.1) is 10.1 Å². The van der Waals surface area contributed by atoms with Crippen molar-refractivity contribution in [2.45, 2.75) is 13.5 Å². The fourth-order valence-electron chi connectivity index (χ4n) is 1.21. The number of benzene rings is 1. The quantitative estimate of drug-likeness (QED) is 0.473. The van der Waals surface area contributed by atoms with E-state index < -0.39 is 17.5 Å². The molecule has 1 rings (SSSR count). The van der Waals surface area contributed by atoms with E-state index in [-0.39, 0.29) is 23.4 Å². The minimum atomic E-state index is -0.645. The molecule has 0 atom stereocenters. The zero-order chi connectivity index (χ0) is 12.1. The highest BCUT2D eigenvalue weighted by atomic mass is 16.6. The van der Waals surface area contributed by atoms with E-state index in [1.54, 1.807) is 6.92 Å². The van der Waals surface area contributed by atoms with Gasteiger partial charge in [0.05, 0.1) is 29.3 Å². The van der Waals surface area contributed by atoms with Gasteiger partial charge >= 0.3 is 5.97 Å². The second-order valence-corrected chi connectivity index (χ2v) is 2.98. The Bertz CT molecular complexity index is 416. The SMILES string of the molecule is CCOC(=O)c1ccc(CO)c([N+](=O)[O-])c1. The minimum Gasteiger partial charge on any atom is -0.462 e. The maximum Gasteiger partial charge on any atom is 0.338 e. The fraction of sp³-hybridized carbons (Fsp3) is 0.300. The molecule has 6 heteroatoms. The summed E-state index contributed by atoms with van der Waals surface area (Å²) < 4.78 is 4.71. The van der Waals surface area contributed by atoms with E-state index in [2.05, 4.69) is 0 Å². The normalized spacial score (nSPS) is 9.88. The number of carbonyl (C=O) groups is 1. The van der Waals surface area contributed by atoms with Crippen LogP contribution in [0.5, 0.6) is 0 Å². The number of nitro groups is 1. The van der Waals surface area contributed by atoms with Gasteiger partial charge in [0.15, 0.2) is 0 Å². The summed E-state index contributed by atoms with van der Waals surface area (Å²) in [6, 6.07) is 3.82. The first-order valence-corrected chi connectivity index (χ1v) is 4.65. The number of hydrogen-bond acceptors (Lipinski definition) is 5. The highest BCUT2D eigenvalue weighted by Gasteiger charge is 2.17. The van der Waals surface area contributed by atoms with Gasteiger partial charge in [-0.2, -0.15) is 0 Å². The molecular weight excluding hydrogens is 214 g/mol. The molecule has 1 aromatic rings. The Kier molecular flexibility index (Phi) is 3.96. The fourth-order valence-corrected chi connectivity index (χ4v) is 1.21. The number of carbonyl (C=O) groups excluding carboxylic acids is 1. The van der Waals surface area contributed by atoms with Crippen LogP contribution in [-0.2, 0) is 11.3 Å². The van der Waals surface area contributed by atoms with Gasteiger partial charge in [0, 0.05) is 6.07 Å². The lowest BCUT2D eigenvalue weighted by molar-refractivity contribution is -0.385. The molecule has 0 aliphatic rings. The van der Waals surface area contributed by atoms with E-state index >= 15 is 0 Å². The predicted molar refractivity (Wildman–Crippen MR) is 55.0 cm³/mol. The van der Waals surface area contributed by atoms with Crippen LogP contribution in [0.1, 0.15) is 22.8 Å². The van der Waals surface area contributed by atoms with Crippen molar-refractivity contribution >= 4 is 11.7 Å². The summed E-state index contributed by atoms with van der Waals surface area (Å²) in [5, 5.41) is 19.5. The van der Waals surface area contributed by atoms with Crippen LogP contribution in [0.4, 0.5) is 5.69 Å². The second-order valence-electron chi connectivity index (χ2n) is 2.98. The minimum absolute atomic E-state index is 0.103. The Morgan fingerprint density at radius 3 is 2.75 bits per heavy atom. The van der Waals surface area contributed by atoms with Gasteiger partial charge in [-0.05, 0) is 19.1 Å². The smallest absolute Gasteiger partial charge is 0.338 e. The third-order valence-corrected chi connectivity index (χ3v) is 1.96. The number of esters is 1. The molecule has 0 unspecified atom stereocenters. The zero-order valence-corrected chi connectivity index (χ0v) is 8.67. The summed E-state index contributed by atoms with van der Waals surface area (Å²) in [5.41, 5.74) is -0.0168. The molecule has 0 aromatic heterocycles. The van der Waals surface area contributed by atoms with Crippen LogP contribution in [0.3, 0.4) is 0 Å². The van der Waals surface area contributed by atoms with Gasteiger partial charge < -0.3 is 9.84 Å². The van der Waals surface area contributed by atoms with E-state index in [4.69, 9.17) is 9.84 Å². The van der Waals surface area contributed by atoms with Crippen molar-refractivity contribution < 1.29 is 19.6 Å². The molecule has 1 N–H and O–H groups in total. The molecule has 0 bridgehead atoms. The summed E-state index contributed by atoms with van der Waals surface area (Å²) in [4.78, 5) is 21.3. The lowest BCUT2D eigenvalue weighted by Crippen LogP contribution is -2.06. The molecule has 0 amide bonds. The predicted octanol–water partition coefficient (Wildman–Crippen LogP) is 1.26. The zero-order valence-electron chi connectivity index (χ0n) is 8.67. The van der Waals surface area contributed by atoms with E-state index in [0.717, 1.165) is 6.07 Å². The van der Waals surface area contributed by atoms with Crippen molar-refractivity contribution in [3.8, 4) is 0 Å². The van der Waals surface area contributed by atoms with Crippen molar-refractivity contribution in [1.29, 1.82) is 0 Å². The summed E-state index contributed by atoms with van der Waals surface area (Å²) in [7, 11) is 0. The maximum absolute atomic E-state index is 11.3. The van der Waals surface area contributed by atoms with Crippen LogP contribution in [0.15, 0.2) is 18.2 Å². The third-order valence-electron chi connectivity index (χ3n) is 1.96. The topological polar surface area (TPSA) is 89.7 Å². The Labute approximate surface area is 91.6 Å². The first kappa shape index (κ1) is 12.1. The summed E-state index contributed by atoms with van der Waals surface area (Å²) >= 11 is 0. The molecule has 0 spiro atoms. The molecule has 0 saturated carbocycles. The van der Waals surface area contributed by atoms with Crippen molar-refractivity contribution in [3.63, 3.8) is 0 Å². The standard InChI is InChI=1S/C10H11NO5/c1-2-16-10(13)7-3-4-8(6-12)9(5-7)11(14)15/h3-5,12H,2,6H2,1H3. The van der Waals surface area contributed by atoms with E-state index in [1.807, 2.05) is 0 Å². The lowest BCUT2D eigenvalue weighted by Gasteiger charge is -2.03. The highest BCUT2D eigenvalue weighted by molar-refractivity contribution is 5.90. The lowest BCUT2D eigenvalue weighted by atomic mass is 10.1. The Hall–Kier alpha value is -1.95. The number of aliphatic hydroxyl groups excluding tert-OH is 1. The largest absolute Gasteiger partial charge is 0.462 e. The summed E-state index contributed by atoms with van der Waals surface area (Å²) in [6.45, 7) is 1.40. The number of rotatable bonds is 4. The number of nitrogens with zero attached hydrogens (tertiary/aromatic N) is 1. The Morgan fingerprint density at radius 1 is 1.56 bits per heavy atom. The highest BCUT2D eigenvalue weighted by Crippen LogP contribution is 2.20. The Balaban J connectivity index is 3.11. The molecule has 1 aromatic carbocycles. The van der Waals surface area contributed by atoms with Gasteiger partial charge in [-0.15, -0.1) is 0 Å². The van der Waals surface area contributed by atoms with Crippen molar-refractivity contribution in [2.24, 2.45) is 0 Å². The molecular formula is C10H11NO5. The van der Waals surface area contributed by atoms with E-state index in [9.17, 15) is 14.9 Å². The van der Waals surface area contributed by atoms with Crippen molar-refractivity contribution in [2.75, 3.05) is 6.61 Å². The Morgan fingerprint density at radius 2 is 2.25 bits per heavy atom. The van der Waals surface area contributed by atoms with Crippen molar-refractivity contribution in [1.82, 2.24) is 0 Å². The average Bonchev–Trinajstić information content (AvgIpc) is 2.28. The van der Waals surface area contributed by atoms with E-state index in [0.29, 0.717) is 0 Å². The molecule has 0 saturated heterocycles. The van der Waals surface area contributed by atoms with E-state index in [1.165, 1.54) is 12.1 Å². The number of hydrogen-bond donors (Lipinski definition) is 1. The van der Waals surface area contributed by atoms with Gasteiger partial charge in [0.1, 0.15) is 0 Å². The monoisotopic (exact) mass is 225 g/mol. The van der Waals surface area contributed by atoms with Crippen LogP contribution in [0.25, 0.3) is 0 Å².